The first-order valence-corrected chi connectivity index (χ1v) is 25.3. The summed E-state index contributed by atoms with van der Waals surface area (Å²) in [6.45, 7) is 14.5. The Hall–Kier alpha value is -5.37. The molecule has 0 aliphatic rings. The van der Waals surface area contributed by atoms with Gasteiger partial charge >= 0.3 is 0 Å². The van der Waals surface area contributed by atoms with E-state index < -0.39 is 0 Å². The molecule has 0 radical (unpaired) electrons. The van der Waals surface area contributed by atoms with Gasteiger partial charge in [0.15, 0.2) is 6.29 Å². The summed E-state index contributed by atoms with van der Waals surface area (Å²) < 4.78 is 12.7. The number of carbonyl (C=O) groups is 1. The summed E-state index contributed by atoms with van der Waals surface area (Å²) in [6.07, 6.45) is 21.6. The van der Waals surface area contributed by atoms with Crippen molar-refractivity contribution in [3.8, 4) is 11.5 Å². The minimum Gasteiger partial charge on any atom is -0.488 e. The molecule has 2 heterocycles. The Bertz CT molecular complexity index is 2230. The number of anilines is 2. The molecule has 2 aromatic heterocycles. The second kappa shape index (κ2) is 29.1. The van der Waals surface area contributed by atoms with Crippen molar-refractivity contribution in [1.29, 1.82) is 0 Å². The van der Waals surface area contributed by atoms with Crippen LogP contribution < -0.4 is 19.3 Å². The lowest BCUT2D eigenvalue weighted by molar-refractivity contribution is 0.112. The minimum atomic E-state index is 0.532. The Morgan fingerprint density at radius 3 is 1.38 bits per heavy atom. The van der Waals surface area contributed by atoms with Gasteiger partial charge in [0.25, 0.3) is 0 Å². The van der Waals surface area contributed by atoms with E-state index in [1.165, 1.54) is 97.4 Å². The second-order valence-electron chi connectivity index (χ2n) is 16.1. The molecule has 4 aromatic carbocycles. The monoisotopic (exact) mass is 894 g/mol. The SMILES string of the molecule is CCCCCN(CCCC)c1ccc(/C=C/c2ccc(C=O)s2)c(OCc2ccccc2)c1.CCCCCN(CCCC)c1ccc(C=Cc2cccs2)c(OCc2ccccc2)c1. The average Bonchev–Trinajstić information content (AvgIpc) is 4.05. The molecular weight excluding hydrogens is 825 g/mol. The summed E-state index contributed by atoms with van der Waals surface area (Å²) in [5, 5.41) is 2.11. The number of nitrogens with zero attached hydrogens (tertiary/aromatic N) is 2. The number of thiophene rings is 2. The van der Waals surface area contributed by atoms with Crippen LogP contribution in [0, 0.1) is 0 Å². The Morgan fingerprint density at radius 1 is 0.469 bits per heavy atom. The van der Waals surface area contributed by atoms with Crippen molar-refractivity contribution in [3.63, 3.8) is 0 Å². The number of ether oxygens (including phenoxy) is 2. The van der Waals surface area contributed by atoms with E-state index >= 15 is 0 Å². The van der Waals surface area contributed by atoms with Gasteiger partial charge in [-0.2, -0.15) is 0 Å². The molecule has 0 atom stereocenters. The van der Waals surface area contributed by atoms with E-state index in [4.69, 9.17) is 9.47 Å². The summed E-state index contributed by atoms with van der Waals surface area (Å²) >= 11 is 3.24. The molecular formula is C57H70N2O3S2. The molecule has 64 heavy (non-hydrogen) atoms. The predicted octanol–water partition coefficient (Wildman–Crippen LogP) is 16.4. The van der Waals surface area contributed by atoms with Crippen molar-refractivity contribution < 1.29 is 14.3 Å². The lowest BCUT2D eigenvalue weighted by Gasteiger charge is -2.26. The fraction of sp³-hybridized carbons (Fsp3) is 0.351. The summed E-state index contributed by atoms with van der Waals surface area (Å²) in [5.41, 5.74) is 6.99. The second-order valence-corrected chi connectivity index (χ2v) is 18.3. The molecule has 5 nitrogen and oxygen atoms in total. The van der Waals surface area contributed by atoms with Crippen LogP contribution in [0.5, 0.6) is 11.5 Å². The highest BCUT2D eigenvalue weighted by Gasteiger charge is 2.13. The molecule has 0 bridgehead atoms. The molecule has 6 rings (SSSR count). The van der Waals surface area contributed by atoms with Crippen LogP contribution in [0.15, 0.2) is 127 Å². The number of unbranched alkanes of at least 4 members (excludes halogenated alkanes) is 6. The van der Waals surface area contributed by atoms with Crippen molar-refractivity contribution in [2.45, 2.75) is 105 Å². The molecule has 0 aliphatic heterocycles. The zero-order valence-corrected chi connectivity index (χ0v) is 40.4. The molecule has 0 saturated heterocycles. The third kappa shape index (κ3) is 17.3. The number of benzene rings is 4. The van der Waals surface area contributed by atoms with Crippen LogP contribution in [0.1, 0.15) is 134 Å². The molecule has 0 amide bonds. The first-order valence-electron chi connectivity index (χ1n) is 23.6. The summed E-state index contributed by atoms with van der Waals surface area (Å²) in [6, 6.07) is 42.0. The van der Waals surface area contributed by atoms with Crippen molar-refractivity contribution in [2.24, 2.45) is 0 Å². The molecule has 0 aliphatic carbocycles. The van der Waals surface area contributed by atoms with Crippen molar-refractivity contribution >= 4 is 64.6 Å². The highest BCUT2D eigenvalue weighted by Crippen LogP contribution is 2.31. The van der Waals surface area contributed by atoms with Crippen molar-refractivity contribution in [3.05, 3.63) is 164 Å². The maximum Gasteiger partial charge on any atom is 0.160 e. The smallest absolute Gasteiger partial charge is 0.160 e. The predicted molar refractivity (Wildman–Crippen MR) is 280 cm³/mol. The maximum absolute atomic E-state index is 11.0. The van der Waals surface area contributed by atoms with Crippen LogP contribution >= 0.6 is 22.7 Å². The van der Waals surface area contributed by atoms with E-state index in [9.17, 15) is 4.79 Å². The van der Waals surface area contributed by atoms with Gasteiger partial charge in [0.1, 0.15) is 24.7 Å². The number of carbonyl (C=O) groups excluding carboxylic acids is 1. The van der Waals surface area contributed by atoms with Gasteiger partial charge in [-0.3, -0.25) is 4.79 Å². The lowest BCUT2D eigenvalue weighted by Crippen LogP contribution is -2.25. The zero-order valence-electron chi connectivity index (χ0n) is 38.8. The average molecular weight is 895 g/mol. The van der Waals surface area contributed by atoms with E-state index in [0.717, 1.165) is 70.4 Å². The fourth-order valence-electron chi connectivity index (χ4n) is 7.23. The van der Waals surface area contributed by atoms with E-state index in [0.29, 0.717) is 13.2 Å². The van der Waals surface area contributed by atoms with Gasteiger partial charge in [-0.1, -0.05) is 133 Å². The van der Waals surface area contributed by atoms with E-state index in [-0.39, 0.29) is 0 Å². The maximum atomic E-state index is 11.0. The standard InChI is InChI=1S/C29H35NO2S.C28H35NOS/c1-3-5-10-20-30(19-6-4-2)26-15-13-25(14-16-27-17-18-28(22-31)33-27)29(21-26)32-23-24-11-8-7-9-12-24;1-3-5-10-20-29(19-6-4-2)26-17-15-25(16-18-27-14-11-21-31-27)28(22-26)30-23-24-12-8-7-9-13-24/h7-9,11-18,21-22H,3-6,10,19-20,23H2,1-2H3;7-9,11-18,21-22H,3-6,10,19-20,23H2,1-2H3/b16-14+;. The van der Waals surface area contributed by atoms with E-state index in [1.807, 2.05) is 36.4 Å². The van der Waals surface area contributed by atoms with Crippen LogP contribution in [0.2, 0.25) is 0 Å². The lowest BCUT2D eigenvalue weighted by atomic mass is 10.1. The molecule has 0 spiro atoms. The third-order valence-electron chi connectivity index (χ3n) is 11.0. The van der Waals surface area contributed by atoms with Crippen LogP contribution in [-0.2, 0) is 13.2 Å². The first kappa shape index (κ1) is 49.6. The van der Waals surface area contributed by atoms with Crippen LogP contribution in [-0.4, -0.2) is 32.5 Å². The van der Waals surface area contributed by atoms with Crippen LogP contribution in [0.3, 0.4) is 0 Å². The molecule has 0 N–H and O–H groups in total. The van der Waals surface area contributed by atoms with Gasteiger partial charge in [-0.15, -0.1) is 22.7 Å². The van der Waals surface area contributed by atoms with E-state index in [2.05, 4.69) is 152 Å². The molecule has 0 fully saturated rings. The van der Waals surface area contributed by atoms with Gasteiger partial charge in [0.05, 0.1) is 4.88 Å². The highest BCUT2D eigenvalue weighted by atomic mass is 32.1. The van der Waals surface area contributed by atoms with Gasteiger partial charge in [0, 0.05) is 70.6 Å². The summed E-state index contributed by atoms with van der Waals surface area (Å²) in [5.74, 6) is 1.84. The number of hydrogen-bond acceptors (Lipinski definition) is 7. The van der Waals surface area contributed by atoms with Gasteiger partial charge in [-0.25, -0.2) is 0 Å². The zero-order chi connectivity index (χ0) is 45.0. The van der Waals surface area contributed by atoms with Crippen LogP contribution in [0.25, 0.3) is 24.3 Å². The molecule has 6 aromatic rings. The molecule has 7 heteroatoms. The Kier molecular flexibility index (Phi) is 22.6. The van der Waals surface area contributed by atoms with Crippen molar-refractivity contribution in [2.75, 3.05) is 36.0 Å². The van der Waals surface area contributed by atoms with Gasteiger partial charge in [0.2, 0.25) is 0 Å². The van der Waals surface area contributed by atoms with Gasteiger partial charge < -0.3 is 19.3 Å². The Morgan fingerprint density at radius 2 is 0.938 bits per heavy atom. The highest BCUT2D eigenvalue weighted by molar-refractivity contribution is 7.14. The quantitative estimate of drug-likeness (QED) is 0.0381. The third-order valence-corrected chi connectivity index (χ3v) is 12.8. The van der Waals surface area contributed by atoms with Crippen LogP contribution in [0.4, 0.5) is 11.4 Å². The normalized spacial score (nSPS) is 11.1. The fourth-order valence-corrected chi connectivity index (χ4v) is 8.58. The topological polar surface area (TPSA) is 42.0 Å². The number of rotatable bonds is 27. The number of aldehydes is 1. The molecule has 338 valence electrons. The minimum absolute atomic E-state index is 0.532. The van der Waals surface area contributed by atoms with Crippen molar-refractivity contribution in [1.82, 2.24) is 0 Å². The van der Waals surface area contributed by atoms with E-state index in [1.54, 1.807) is 11.3 Å². The summed E-state index contributed by atoms with van der Waals surface area (Å²) in [7, 11) is 0. The molecule has 0 unspecified atom stereocenters. The molecule has 0 saturated carbocycles. The largest absolute Gasteiger partial charge is 0.488 e. The summed E-state index contributed by atoms with van der Waals surface area (Å²) in [4.78, 5) is 19.1. The Balaban J connectivity index is 0.000000241. The first-order chi connectivity index (χ1) is 31.5. The van der Waals surface area contributed by atoms with Gasteiger partial charge in [-0.05, 0) is 109 Å². The number of hydrogen-bond donors (Lipinski definition) is 0. The Labute approximate surface area is 393 Å².